The molecule has 34 heavy (non-hydrogen) atoms. The molecule has 0 radical (unpaired) electrons. The van der Waals surface area contributed by atoms with Gasteiger partial charge in [0.15, 0.2) is 0 Å². The zero-order valence-electron chi connectivity index (χ0n) is 20.0. The number of carbonyl (C=O) groups excluding carboxylic acids is 1. The summed E-state index contributed by atoms with van der Waals surface area (Å²) in [6, 6.07) is 17.4. The molecule has 0 atom stereocenters. The molecule has 1 aliphatic rings. The van der Waals surface area contributed by atoms with E-state index in [0.29, 0.717) is 54.9 Å². The number of pyridine rings is 1. The van der Waals surface area contributed by atoms with E-state index in [1.165, 1.54) is 0 Å². The molecule has 1 N–H and O–H groups in total. The molecule has 1 saturated heterocycles. The highest BCUT2D eigenvalue weighted by atomic mass is 16.5. The maximum Gasteiger partial charge on any atom is 0.257 e. The fourth-order valence-corrected chi connectivity index (χ4v) is 4.00. The molecule has 1 aromatic heterocycles. The number of nitrogens with zero attached hydrogens (tertiary/aromatic N) is 2. The Hall–Kier alpha value is -3.58. The first-order valence-corrected chi connectivity index (χ1v) is 11.7. The second-order valence-electron chi connectivity index (χ2n) is 7.93. The summed E-state index contributed by atoms with van der Waals surface area (Å²) in [5.41, 5.74) is 4.52. The summed E-state index contributed by atoms with van der Waals surface area (Å²) < 4.78 is 17.3. The Morgan fingerprint density at radius 1 is 1.00 bits per heavy atom. The summed E-state index contributed by atoms with van der Waals surface area (Å²) in [4.78, 5) is 20.1. The quantitative estimate of drug-likeness (QED) is 0.512. The number of amides is 1. The summed E-state index contributed by atoms with van der Waals surface area (Å²) >= 11 is 0. The minimum absolute atomic E-state index is 0.243. The topological polar surface area (TPSA) is 72.9 Å². The van der Waals surface area contributed by atoms with Crippen molar-refractivity contribution in [3.63, 3.8) is 0 Å². The largest absolute Gasteiger partial charge is 0.492 e. The van der Waals surface area contributed by atoms with Gasteiger partial charge in [-0.1, -0.05) is 30.3 Å². The Labute approximate surface area is 200 Å². The van der Waals surface area contributed by atoms with Gasteiger partial charge in [-0.3, -0.25) is 9.78 Å². The van der Waals surface area contributed by atoms with Crippen molar-refractivity contribution in [3.8, 4) is 22.8 Å². The highest BCUT2D eigenvalue weighted by Gasteiger charge is 2.21. The van der Waals surface area contributed by atoms with Crippen LogP contribution < -0.4 is 19.7 Å². The molecule has 7 nitrogen and oxygen atoms in total. The lowest BCUT2D eigenvalue weighted by molar-refractivity contribution is 0.102. The third kappa shape index (κ3) is 5.31. The average molecular weight is 462 g/mol. The zero-order chi connectivity index (χ0) is 23.9. The van der Waals surface area contributed by atoms with Gasteiger partial charge in [-0.25, -0.2) is 0 Å². The van der Waals surface area contributed by atoms with Gasteiger partial charge in [-0.15, -0.1) is 0 Å². The molecule has 178 valence electrons. The average Bonchev–Trinajstić information content (AvgIpc) is 2.86. The summed E-state index contributed by atoms with van der Waals surface area (Å²) in [7, 11) is 0. The first kappa shape index (κ1) is 23.6. The van der Waals surface area contributed by atoms with Gasteiger partial charge in [0, 0.05) is 30.8 Å². The van der Waals surface area contributed by atoms with Gasteiger partial charge in [0.1, 0.15) is 11.5 Å². The number of anilines is 2. The number of rotatable bonds is 8. The Morgan fingerprint density at radius 2 is 1.71 bits per heavy atom. The smallest absolute Gasteiger partial charge is 0.257 e. The summed E-state index contributed by atoms with van der Waals surface area (Å²) in [6.45, 7) is 9.59. The lowest BCUT2D eigenvalue weighted by Crippen LogP contribution is -2.36. The molecule has 0 bridgehead atoms. The van der Waals surface area contributed by atoms with Gasteiger partial charge in [-0.05, 0) is 32.9 Å². The van der Waals surface area contributed by atoms with E-state index in [2.05, 4.69) is 15.2 Å². The molecule has 2 heterocycles. The number of carbonyl (C=O) groups is 1. The third-order valence-corrected chi connectivity index (χ3v) is 5.66. The Morgan fingerprint density at radius 3 is 2.38 bits per heavy atom. The predicted octanol–water partition coefficient (Wildman–Crippen LogP) is 4.94. The van der Waals surface area contributed by atoms with Crippen LogP contribution in [0.1, 0.15) is 29.9 Å². The Bertz CT molecular complexity index is 1130. The van der Waals surface area contributed by atoms with Gasteiger partial charge in [0.2, 0.25) is 0 Å². The molecular weight excluding hydrogens is 430 g/mol. The number of ether oxygens (including phenoxy) is 3. The molecule has 0 unspecified atom stereocenters. The van der Waals surface area contributed by atoms with Crippen LogP contribution in [-0.4, -0.2) is 50.4 Å². The second kappa shape index (κ2) is 11.0. The minimum atomic E-state index is -0.243. The van der Waals surface area contributed by atoms with Gasteiger partial charge in [0.05, 0.1) is 54.8 Å². The molecule has 7 heteroatoms. The minimum Gasteiger partial charge on any atom is -0.492 e. The fraction of sp³-hybridized carbons (Fsp3) is 0.333. The van der Waals surface area contributed by atoms with Gasteiger partial charge >= 0.3 is 0 Å². The molecule has 1 amide bonds. The van der Waals surface area contributed by atoms with E-state index in [1.807, 2.05) is 75.4 Å². The highest BCUT2D eigenvalue weighted by molar-refractivity contribution is 6.06. The van der Waals surface area contributed by atoms with Crippen molar-refractivity contribution in [1.82, 2.24) is 4.98 Å². The maximum atomic E-state index is 13.2. The highest BCUT2D eigenvalue weighted by Crippen LogP contribution is 2.39. The van der Waals surface area contributed by atoms with Crippen LogP contribution in [0.15, 0.2) is 54.6 Å². The summed E-state index contributed by atoms with van der Waals surface area (Å²) in [5.74, 6) is 1.07. The molecule has 0 aliphatic carbocycles. The molecule has 1 aliphatic heterocycles. The van der Waals surface area contributed by atoms with Crippen molar-refractivity contribution in [1.29, 1.82) is 0 Å². The molecule has 0 saturated carbocycles. The van der Waals surface area contributed by atoms with Gasteiger partial charge < -0.3 is 24.4 Å². The normalized spacial score (nSPS) is 13.4. The SMILES string of the molecule is CCOc1cc(N2CCOCC2)c(OCC)cc1NC(=O)c1ccc(-c2ccccc2)nc1C. The van der Waals surface area contributed by atoms with Crippen molar-refractivity contribution >= 4 is 17.3 Å². The number of hydrogen-bond acceptors (Lipinski definition) is 6. The molecule has 2 aromatic carbocycles. The lowest BCUT2D eigenvalue weighted by Gasteiger charge is -2.31. The Balaban J connectivity index is 1.63. The van der Waals surface area contributed by atoms with Crippen molar-refractivity contribution in [2.24, 2.45) is 0 Å². The van der Waals surface area contributed by atoms with Crippen molar-refractivity contribution in [2.75, 3.05) is 49.7 Å². The fourth-order valence-electron chi connectivity index (χ4n) is 4.00. The van der Waals surface area contributed by atoms with E-state index in [1.54, 1.807) is 0 Å². The standard InChI is InChI=1S/C27H31N3O4/c1-4-33-25-18-24(30-13-15-32-16-14-30)26(34-5-2)17-23(25)29-27(31)21-11-12-22(28-19(21)3)20-9-7-6-8-10-20/h6-12,17-18H,4-5,13-16H2,1-3H3,(H,29,31). The van der Waals surface area contributed by atoms with Crippen LogP contribution in [0, 0.1) is 6.92 Å². The second-order valence-corrected chi connectivity index (χ2v) is 7.93. The molecule has 0 spiro atoms. The monoisotopic (exact) mass is 461 g/mol. The number of benzene rings is 2. The first-order valence-electron chi connectivity index (χ1n) is 11.7. The van der Waals surface area contributed by atoms with Crippen LogP contribution in [-0.2, 0) is 4.74 Å². The molecule has 3 aromatic rings. The van der Waals surface area contributed by atoms with Gasteiger partial charge in [-0.2, -0.15) is 0 Å². The van der Waals surface area contributed by atoms with E-state index in [9.17, 15) is 4.79 Å². The first-order chi connectivity index (χ1) is 16.6. The van der Waals surface area contributed by atoms with Crippen LogP contribution in [0.25, 0.3) is 11.3 Å². The van der Waals surface area contributed by atoms with Crippen LogP contribution in [0.4, 0.5) is 11.4 Å². The number of nitrogens with one attached hydrogen (secondary N) is 1. The van der Waals surface area contributed by atoms with Crippen LogP contribution in [0.5, 0.6) is 11.5 Å². The Kier molecular flexibility index (Phi) is 7.65. The number of hydrogen-bond donors (Lipinski definition) is 1. The van der Waals surface area contributed by atoms with Gasteiger partial charge in [0.25, 0.3) is 5.91 Å². The van der Waals surface area contributed by atoms with E-state index < -0.39 is 0 Å². The van der Waals surface area contributed by atoms with Crippen molar-refractivity contribution < 1.29 is 19.0 Å². The van der Waals surface area contributed by atoms with Crippen LogP contribution >= 0.6 is 0 Å². The van der Waals surface area contributed by atoms with Crippen molar-refractivity contribution in [3.05, 3.63) is 65.9 Å². The zero-order valence-corrected chi connectivity index (χ0v) is 20.0. The number of morpholine rings is 1. The van der Waals surface area contributed by atoms with Crippen LogP contribution in [0.2, 0.25) is 0 Å². The van der Waals surface area contributed by atoms with E-state index in [-0.39, 0.29) is 5.91 Å². The van der Waals surface area contributed by atoms with Crippen molar-refractivity contribution in [2.45, 2.75) is 20.8 Å². The van der Waals surface area contributed by atoms with E-state index in [0.717, 1.165) is 30.0 Å². The molecule has 1 fully saturated rings. The number of aryl methyl sites for hydroxylation is 1. The lowest BCUT2D eigenvalue weighted by atomic mass is 10.1. The molecular formula is C27H31N3O4. The van der Waals surface area contributed by atoms with E-state index >= 15 is 0 Å². The summed E-state index contributed by atoms with van der Waals surface area (Å²) in [6.07, 6.45) is 0. The summed E-state index contributed by atoms with van der Waals surface area (Å²) in [5, 5.41) is 3.01. The van der Waals surface area contributed by atoms with E-state index in [4.69, 9.17) is 14.2 Å². The van der Waals surface area contributed by atoms with Crippen LogP contribution in [0.3, 0.4) is 0 Å². The number of aromatic nitrogens is 1. The predicted molar refractivity (Wildman–Crippen MR) is 134 cm³/mol. The molecule has 4 rings (SSSR count). The maximum absolute atomic E-state index is 13.2. The third-order valence-electron chi connectivity index (χ3n) is 5.66.